The normalized spacial score (nSPS) is 8.94. The first-order valence-electron chi connectivity index (χ1n) is 3.62. The van der Waals surface area contributed by atoms with Gasteiger partial charge in [-0.3, -0.25) is 9.31 Å². The predicted octanol–water partition coefficient (Wildman–Crippen LogP) is -5.57. The van der Waals surface area contributed by atoms with Crippen LogP contribution < -0.4 is 40.2 Å². The van der Waals surface area contributed by atoms with Crippen LogP contribution in [0.15, 0.2) is 9.95 Å². The van der Waals surface area contributed by atoms with Gasteiger partial charge in [0, 0.05) is 5.10 Å². The molecule has 0 aliphatic carbocycles. The number of thioether (sulfide) groups is 1. The van der Waals surface area contributed by atoms with Crippen LogP contribution in [0.2, 0.25) is 0 Å². The maximum atomic E-state index is 11.4. The van der Waals surface area contributed by atoms with Gasteiger partial charge in [-0.25, -0.2) is 5.10 Å². The molecule has 4 N–H and O–H groups in total. The Labute approximate surface area is 125 Å². The van der Waals surface area contributed by atoms with Gasteiger partial charge in [-0.15, -0.1) is 11.8 Å². The fraction of sp³-hybridized carbons (Fsp3) is 0.200. The molecule has 94 valence electrons. The van der Waals surface area contributed by atoms with Crippen LogP contribution in [0, 0.1) is 10.1 Å². The van der Waals surface area contributed by atoms with Gasteiger partial charge in [-0.05, 0) is 11.2 Å². The molecule has 13 heteroatoms. The van der Waals surface area contributed by atoms with Crippen molar-refractivity contribution < 1.29 is 45.4 Å². The van der Waals surface area contributed by atoms with Crippen molar-refractivity contribution in [1.29, 1.82) is 0 Å². The maximum absolute atomic E-state index is 11.4. The van der Waals surface area contributed by atoms with E-state index in [2.05, 4.69) is 20.3 Å². The second-order valence-corrected chi connectivity index (χ2v) is 3.17. The van der Waals surface area contributed by atoms with E-state index in [1.54, 1.807) is 6.26 Å². The van der Waals surface area contributed by atoms with Crippen molar-refractivity contribution >= 4 is 23.4 Å². The van der Waals surface area contributed by atoms with Gasteiger partial charge in [0.05, 0.1) is 5.78 Å². The maximum Gasteiger partial charge on any atom is 1.00 e. The molecule has 2 heterocycles. The third-order valence-electron chi connectivity index (χ3n) is 1.54. The van der Waals surface area contributed by atoms with Crippen LogP contribution in [0.5, 0.6) is 0 Å². The van der Waals surface area contributed by atoms with E-state index in [9.17, 15) is 14.9 Å². The minimum absolute atomic E-state index is 0. The van der Waals surface area contributed by atoms with Crippen molar-refractivity contribution in [1.82, 2.24) is 24.8 Å². The molecule has 0 unspecified atom stereocenters. The molecule has 11 nitrogen and oxygen atoms in total. The standard InChI is InChI=1S/C5H4N6O3S.Na.2H2O/c1-15-5-6-4-8-7-2(11(13)14)3(12)10(4)9-5;;;/h1H3,(H,6,8,9,12);;2*1H2/q;+1;;/p-1. The zero-order chi connectivity index (χ0) is 11.0. The van der Waals surface area contributed by atoms with Crippen LogP contribution in [0.25, 0.3) is 5.78 Å². The molecule has 0 spiro atoms. The predicted molar refractivity (Wildman–Crippen MR) is 56.0 cm³/mol. The van der Waals surface area contributed by atoms with E-state index in [-0.39, 0.29) is 46.3 Å². The second-order valence-electron chi connectivity index (χ2n) is 2.40. The molecule has 0 saturated heterocycles. The molecule has 0 aliphatic rings. The van der Waals surface area contributed by atoms with Gasteiger partial charge in [-0.2, -0.15) is 5.10 Å². The summed E-state index contributed by atoms with van der Waals surface area (Å²) in [5.41, 5.74) is -0.933. The van der Waals surface area contributed by atoms with Crippen molar-refractivity contribution in [3.63, 3.8) is 0 Å². The van der Waals surface area contributed by atoms with Gasteiger partial charge in [0.15, 0.2) is 0 Å². The fourth-order valence-corrected chi connectivity index (χ4v) is 1.25. The summed E-state index contributed by atoms with van der Waals surface area (Å²) in [6.07, 6.45) is 1.71. The number of nitro groups is 1. The Morgan fingerprint density at radius 3 is 2.56 bits per heavy atom. The van der Waals surface area contributed by atoms with Crippen LogP contribution in [-0.4, -0.2) is 41.8 Å². The Morgan fingerprint density at radius 2 is 2.06 bits per heavy atom. The Balaban J connectivity index is 0. The SMILES string of the molecule is CSc1nc2[n-]nc([N+](=O)[O-])c(=O)n2n1.O.O.[Na+]. The summed E-state index contributed by atoms with van der Waals surface area (Å²) in [6, 6.07) is 0. The number of hydrogen-bond donors (Lipinski definition) is 0. The quantitative estimate of drug-likeness (QED) is 0.226. The van der Waals surface area contributed by atoms with E-state index >= 15 is 0 Å². The molecular weight excluding hydrogens is 279 g/mol. The Bertz CT molecular complexity index is 598. The fourth-order valence-electron chi connectivity index (χ4n) is 0.917. The van der Waals surface area contributed by atoms with E-state index in [0.717, 1.165) is 4.52 Å². The molecule has 2 aromatic rings. The Morgan fingerprint density at radius 1 is 1.44 bits per heavy atom. The van der Waals surface area contributed by atoms with Crippen molar-refractivity contribution in [2.45, 2.75) is 5.16 Å². The minimum Gasteiger partial charge on any atom is -0.412 e. The molecule has 0 bridgehead atoms. The zero-order valence-electron chi connectivity index (χ0n) is 9.32. The molecule has 0 saturated carbocycles. The molecule has 2 rings (SSSR count). The summed E-state index contributed by atoms with van der Waals surface area (Å²) in [5.74, 6) is -0.907. The first-order chi connectivity index (χ1) is 7.13. The molecule has 0 radical (unpaired) electrons. The smallest absolute Gasteiger partial charge is 0.412 e. The van der Waals surface area contributed by atoms with Crippen molar-refractivity contribution in [3.8, 4) is 0 Å². The zero-order valence-corrected chi connectivity index (χ0v) is 12.1. The molecule has 0 atom stereocenters. The molecule has 0 aliphatic heterocycles. The summed E-state index contributed by atoms with van der Waals surface area (Å²) in [7, 11) is 0. The molecule has 0 fully saturated rings. The van der Waals surface area contributed by atoms with Crippen LogP contribution >= 0.6 is 11.8 Å². The van der Waals surface area contributed by atoms with Gasteiger partial charge in [0.1, 0.15) is 5.16 Å². The summed E-state index contributed by atoms with van der Waals surface area (Å²) < 4.78 is 0.761. The number of aromatic nitrogens is 5. The van der Waals surface area contributed by atoms with Gasteiger partial charge < -0.3 is 26.1 Å². The summed E-state index contributed by atoms with van der Waals surface area (Å²) in [6.45, 7) is 0. The average molecular weight is 286 g/mol. The van der Waals surface area contributed by atoms with Gasteiger partial charge in [0.25, 0.3) is 0 Å². The van der Waals surface area contributed by atoms with Gasteiger partial charge in [-0.1, -0.05) is 0 Å². The first-order valence-corrected chi connectivity index (χ1v) is 4.85. The first kappa shape index (κ1) is 19.3. The minimum atomic E-state index is -0.933. The number of nitrogens with zero attached hydrogens (tertiary/aromatic N) is 6. The molecule has 0 aromatic carbocycles. The van der Waals surface area contributed by atoms with Crippen LogP contribution in [0.1, 0.15) is 0 Å². The van der Waals surface area contributed by atoms with Crippen molar-refractivity contribution in [2.75, 3.05) is 6.26 Å². The third-order valence-corrected chi connectivity index (χ3v) is 2.08. The molecule has 2 aromatic heterocycles. The van der Waals surface area contributed by atoms with Gasteiger partial charge in [0.2, 0.25) is 0 Å². The van der Waals surface area contributed by atoms with Crippen LogP contribution in [0.3, 0.4) is 0 Å². The van der Waals surface area contributed by atoms with Crippen molar-refractivity contribution in [3.05, 3.63) is 20.5 Å². The van der Waals surface area contributed by atoms with Crippen molar-refractivity contribution in [2.24, 2.45) is 0 Å². The largest absolute Gasteiger partial charge is 1.00 e. The van der Waals surface area contributed by atoms with E-state index in [1.807, 2.05) is 0 Å². The second kappa shape index (κ2) is 7.40. The summed E-state index contributed by atoms with van der Waals surface area (Å²) in [5, 5.41) is 21.0. The third kappa shape index (κ3) is 3.24. The number of fused-ring (bicyclic) bond motifs is 1. The summed E-state index contributed by atoms with van der Waals surface area (Å²) >= 11 is 1.20. The van der Waals surface area contributed by atoms with Crippen LogP contribution in [0.4, 0.5) is 5.82 Å². The van der Waals surface area contributed by atoms with E-state index in [0.29, 0.717) is 5.16 Å². The molecule has 0 amide bonds. The van der Waals surface area contributed by atoms with E-state index in [1.165, 1.54) is 11.8 Å². The van der Waals surface area contributed by atoms with E-state index in [4.69, 9.17) is 0 Å². The molecule has 18 heavy (non-hydrogen) atoms. The van der Waals surface area contributed by atoms with E-state index < -0.39 is 16.3 Å². The Hall–Kier alpha value is -1.05. The topological polar surface area (TPSA) is 180 Å². The van der Waals surface area contributed by atoms with Crippen LogP contribution in [-0.2, 0) is 0 Å². The van der Waals surface area contributed by atoms with Gasteiger partial charge >= 0.3 is 40.9 Å². The summed E-state index contributed by atoms with van der Waals surface area (Å²) in [4.78, 5) is 24.7. The Kier molecular flexibility index (Phi) is 7.93. The average Bonchev–Trinajstić information content (AvgIpc) is 2.61. The molecular formula is C5H7N6NaO5S. The monoisotopic (exact) mass is 286 g/mol. The number of hydrogen-bond acceptors (Lipinski definition) is 7. The number of rotatable bonds is 2.